The third kappa shape index (κ3) is 9.34. The molecular weight excluding hydrogens is 597 g/mol. The van der Waals surface area contributed by atoms with Gasteiger partial charge in [0.05, 0.1) is 17.1 Å². The predicted octanol–water partition coefficient (Wildman–Crippen LogP) is 7.15. The summed E-state index contributed by atoms with van der Waals surface area (Å²) in [7, 11) is -4.23. The molecule has 0 radical (unpaired) electrons. The zero-order chi connectivity index (χ0) is 34.0. The molecule has 0 spiro atoms. The Morgan fingerprint density at radius 2 is 1.49 bits per heavy atom. The van der Waals surface area contributed by atoms with E-state index < -0.39 is 45.0 Å². The van der Waals surface area contributed by atoms with Crippen molar-refractivity contribution in [3.8, 4) is 0 Å². The molecule has 1 heterocycles. The molecule has 1 atom stereocenters. The Morgan fingerprint density at radius 3 is 2.00 bits per heavy atom. The van der Waals surface area contributed by atoms with Crippen molar-refractivity contribution in [1.82, 2.24) is 9.29 Å². The quantitative estimate of drug-likeness (QED) is 0.264. The third-order valence-corrected chi connectivity index (χ3v) is 8.68. The number of hydrogen-bond donors (Lipinski definition) is 1. The monoisotopic (exact) mass is 641 g/mol. The van der Waals surface area contributed by atoms with E-state index in [2.05, 4.69) is 25.8 Å². The second-order valence-electron chi connectivity index (χ2n) is 14.1. The minimum atomic E-state index is -4.23. The average Bonchev–Trinajstić information content (AvgIpc) is 2.89. The Labute approximate surface area is 266 Å². The van der Waals surface area contributed by atoms with Gasteiger partial charge in [0.2, 0.25) is 10.0 Å². The standard InChI is InChI=1S/C34H44FN3O6S/c1-32(2,3)24-18-16-23(17-19-24)21-37(45(42,43)27-14-10-12-25(35)20-27)22-26-13-11-15-28(36-26)38(31(41)44-34(7,8)9)29(30(39)40)33(4,5)6/h10-20,29H,21-22H2,1-9H3,(H,39,40). The first kappa shape index (κ1) is 35.6. The molecule has 9 nitrogen and oxygen atoms in total. The number of carboxylic acid groups (broad SMARTS) is 1. The summed E-state index contributed by atoms with van der Waals surface area (Å²) in [5, 5.41) is 10.2. The Kier molecular flexibility index (Phi) is 10.5. The molecule has 0 aliphatic rings. The summed E-state index contributed by atoms with van der Waals surface area (Å²) in [6, 6.07) is 15.6. The molecule has 1 amide bonds. The number of carboxylic acids is 1. The first-order valence-corrected chi connectivity index (χ1v) is 16.1. The van der Waals surface area contributed by atoms with Gasteiger partial charge in [0.1, 0.15) is 23.3 Å². The van der Waals surface area contributed by atoms with Gasteiger partial charge in [-0.3, -0.25) is 0 Å². The van der Waals surface area contributed by atoms with Gasteiger partial charge < -0.3 is 9.84 Å². The lowest BCUT2D eigenvalue weighted by molar-refractivity contribution is -0.141. The van der Waals surface area contributed by atoms with Crippen LogP contribution in [0.5, 0.6) is 0 Å². The number of halogens is 1. The van der Waals surface area contributed by atoms with Crippen LogP contribution in [0, 0.1) is 11.2 Å². The van der Waals surface area contributed by atoms with Gasteiger partial charge >= 0.3 is 12.1 Å². The summed E-state index contributed by atoms with van der Waals surface area (Å²) in [4.78, 5) is 31.3. The summed E-state index contributed by atoms with van der Waals surface area (Å²) < 4.78 is 48.7. The van der Waals surface area contributed by atoms with E-state index >= 15 is 0 Å². The molecule has 3 aromatic rings. The number of carbonyl (C=O) groups is 2. The fraction of sp³-hybridized carbons (Fsp3) is 0.441. The molecule has 0 aliphatic carbocycles. The Morgan fingerprint density at radius 1 is 0.889 bits per heavy atom. The number of rotatable bonds is 9. The molecule has 0 aliphatic heterocycles. The minimum Gasteiger partial charge on any atom is -0.480 e. The van der Waals surface area contributed by atoms with E-state index in [1.807, 2.05) is 24.3 Å². The third-order valence-electron chi connectivity index (χ3n) is 6.89. The van der Waals surface area contributed by atoms with Crippen LogP contribution in [0.2, 0.25) is 0 Å². The molecular formula is C34H44FN3O6S. The van der Waals surface area contributed by atoms with Gasteiger partial charge in [-0.05, 0) is 73.1 Å². The van der Waals surface area contributed by atoms with Crippen LogP contribution in [-0.2, 0) is 38.1 Å². The second kappa shape index (κ2) is 13.3. The zero-order valence-corrected chi connectivity index (χ0v) is 28.3. The Hall–Kier alpha value is -3.83. The van der Waals surface area contributed by atoms with Crippen LogP contribution in [0.1, 0.15) is 79.1 Å². The fourth-order valence-corrected chi connectivity index (χ4v) is 6.13. The molecule has 1 N–H and O–H groups in total. The van der Waals surface area contributed by atoms with Gasteiger partial charge in [0.25, 0.3) is 0 Å². The highest BCUT2D eigenvalue weighted by atomic mass is 32.2. The van der Waals surface area contributed by atoms with E-state index in [-0.39, 0.29) is 34.9 Å². The first-order valence-electron chi connectivity index (χ1n) is 14.7. The first-order chi connectivity index (χ1) is 20.6. The van der Waals surface area contributed by atoms with Crippen molar-refractivity contribution >= 4 is 27.9 Å². The lowest BCUT2D eigenvalue weighted by atomic mass is 9.85. The molecule has 0 saturated heterocycles. The predicted molar refractivity (Wildman–Crippen MR) is 172 cm³/mol. The topological polar surface area (TPSA) is 117 Å². The molecule has 0 fully saturated rings. The van der Waals surface area contributed by atoms with Crippen LogP contribution in [0.15, 0.2) is 71.6 Å². The molecule has 1 aromatic heterocycles. The van der Waals surface area contributed by atoms with Crippen molar-refractivity contribution in [2.45, 2.75) is 97.4 Å². The van der Waals surface area contributed by atoms with E-state index in [1.165, 1.54) is 28.6 Å². The van der Waals surface area contributed by atoms with Crippen molar-refractivity contribution in [2.24, 2.45) is 5.41 Å². The van der Waals surface area contributed by atoms with Crippen molar-refractivity contribution in [3.05, 3.63) is 89.4 Å². The second-order valence-corrected chi connectivity index (χ2v) is 16.1. The molecule has 1 unspecified atom stereocenters. The SMILES string of the molecule is CC(C)(C)OC(=O)N(c1cccc(CN(Cc2ccc(C(C)(C)C)cc2)S(=O)(=O)c2cccc(F)c2)n1)C(C(=O)O)C(C)(C)C. The van der Waals surface area contributed by atoms with E-state index in [1.54, 1.807) is 53.7 Å². The smallest absolute Gasteiger partial charge is 0.416 e. The molecule has 0 saturated carbocycles. The van der Waals surface area contributed by atoms with E-state index in [0.29, 0.717) is 5.56 Å². The number of ether oxygens (including phenoxy) is 1. The summed E-state index contributed by atoms with van der Waals surface area (Å²) in [5.41, 5.74) is 0.0725. The Balaban J connectivity index is 2.11. The van der Waals surface area contributed by atoms with Crippen LogP contribution < -0.4 is 4.90 Å². The van der Waals surface area contributed by atoms with Crippen LogP contribution in [0.4, 0.5) is 15.0 Å². The van der Waals surface area contributed by atoms with Crippen molar-refractivity contribution < 1.29 is 32.2 Å². The molecule has 45 heavy (non-hydrogen) atoms. The maximum absolute atomic E-state index is 14.2. The average molecular weight is 642 g/mol. The van der Waals surface area contributed by atoms with E-state index in [9.17, 15) is 27.5 Å². The fourth-order valence-electron chi connectivity index (χ4n) is 4.70. The van der Waals surface area contributed by atoms with Gasteiger partial charge in [0, 0.05) is 6.54 Å². The number of hydrogen-bond acceptors (Lipinski definition) is 6. The number of aliphatic carboxylic acids is 1. The summed E-state index contributed by atoms with van der Waals surface area (Å²) >= 11 is 0. The molecule has 3 rings (SSSR count). The largest absolute Gasteiger partial charge is 0.480 e. The van der Waals surface area contributed by atoms with E-state index in [4.69, 9.17) is 4.74 Å². The van der Waals surface area contributed by atoms with Gasteiger partial charge in [-0.25, -0.2) is 32.3 Å². The van der Waals surface area contributed by atoms with Crippen LogP contribution in [-0.4, -0.2) is 46.5 Å². The lowest BCUT2D eigenvalue weighted by Gasteiger charge is -2.37. The van der Waals surface area contributed by atoms with Crippen LogP contribution >= 0.6 is 0 Å². The summed E-state index contributed by atoms with van der Waals surface area (Å²) in [6.45, 7) is 16.0. The highest BCUT2D eigenvalue weighted by Gasteiger charge is 2.42. The number of amides is 1. The van der Waals surface area contributed by atoms with Gasteiger partial charge in [-0.2, -0.15) is 4.31 Å². The van der Waals surface area contributed by atoms with Gasteiger partial charge in [0.15, 0.2) is 0 Å². The summed E-state index contributed by atoms with van der Waals surface area (Å²) in [6.07, 6.45) is -0.905. The molecule has 0 bridgehead atoms. The molecule has 2 aromatic carbocycles. The van der Waals surface area contributed by atoms with Crippen LogP contribution in [0.3, 0.4) is 0 Å². The maximum atomic E-state index is 14.2. The highest BCUT2D eigenvalue weighted by Crippen LogP contribution is 2.31. The number of anilines is 1. The van der Waals surface area contributed by atoms with Crippen LogP contribution in [0.25, 0.3) is 0 Å². The number of benzene rings is 2. The van der Waals surface area contributed by atoms with E-state index in [0.717, 1.165) is 16.5 Å². The lowest BCUT2D eigenvalue weighted by Crippen LogP contribution is -2.54. The van der Waals surface area contributed by atoms with Crippen molar-refractivity contribution in [2.75, 3.05) is 4.90 Å². The normalized spacial score (nSPS) is 13.4. The number of sulfonamides is 1. The number of nitrogens with zero attached hydrogens (tertiary/aromatic N) is 3. The zero-order valence-electron chi connectivity index (χ0n) is 27.5. The van der Waals surface area contributed by atoms with Crippen molar-refractivity contribution in [1.29, 1.82) is 0 Å². The van der Waals surface area contributed by atoms with Gasteiger partial charge in [-0.1, -0.05) is 77.9 Å². The number of carbonyl (C=O) groups excluding carboxylic acids is 1. The minimum absolute atomic E-state index is 0.0123. The Bertz CT molecular complexity index is 1620. The van der Waals surface area contributed by atoms with Gasteiger partial charge in [-0.15, -0.1) is 0 Å². The molecule has 244 valence electrons. The highest BCUT2D eigenvalue weighted by molar-refractivity contribution is 7.89. The number of aromatic nitrogens is 1. The number of pyridine rings is 1. The summed E-state index contributed by atoms with van der Waals surface area (Å²) in [5.74, 6) is -1.96. The maximum Gasteiger partial charge on any atom is 0.416 e. The van der Waals surface area contributed by atoms with Crippen molar-refractivity contribution in [3.63, 3.8) is 0 Å². The molecule has 11 heteroatoms.